The molecule has 0 saturated carbocycles. The van der Waals surface area contributed by atoms with Gasteiger partial charge in [-0.05, 0) is 6.92 Å². The van der Waals surface area contributed by atoms with Crippen LogP contribution in [-0.2, 0) is 9.53 Å². The maximum absolute atomic E-state index is 12.1. The summed E-state index contributed by atoms with van der Waals surface area (Å²) in [6, 6.07) is -0.189. The molecule has 1 amide bonds. The normalized spacial score (nSPS) is 13.7. The third-order valence-electron chi connectivity index (χ3n) is 2.63. The van der Waals surface area contributed by atoms with Crippen LogP contribution in [-0.4, -0.2) is 42.5 Å². The van der Waals surface area contributed by atoms with E-state index in [1.807, 2.05) is 6.92 Å². The van der Waals surface area contributed by atoms with Crippen LogP contribution in [0.4, 0.5) is 0 Å². The molecular weight excluding hydrogens is 266 g/mol. The van der Waals surface area contributed by atoms with Crippen molar-refractivity contribution in [1.29, 1.82) is 0 Å². The summed E-state index contributed by atoms with van der Waals surface area (Å²) in [4.78, 5) is 29.1. The molecule has 0 radical (unpaired) electrons. The molecule has 106 valence electrons. The van der Waals surface area contributed by atoms with E-state index >= 15 is 0 Å². The molecule has 6 nitrogen and oxygen atoms in total. The zero-order valence-corrected chi connectivity index (χ0v) is 12.4. The number of carbonyl (C=O) groups is 2. The van der Waals surface area contributed by atoms with Crippen LogP contribution in [0.1, 0.15) is 35.4 Å². The summed E-state index contributed by atoms with van der Waals surface area (Å²) < 4.78 is 4.63. The smallest absolute Gasteiger partial charge is 0.310 e. The molecular formula is C12H19N3O3S. The first-order chi connectivity index (χ1) is 8.86. The number of carbonyl (C=O) groups excluding carboxylic acids is 2. The SMILES string of the molecule is COC(=O)C(C)CN(C)C(=O)c1csc(C(C)N)n1. The van der Waals surface area contributed by atoms with Crippen LogP contribution in [0.25, 0.3) is 0 Å². The van der Waals surface area contributed by atoms with E-state index in [4.69, 9.17) is 5.73 Å². The van der Waals surface area contributed by atoms with Crippen molar-refractivity contribution in [2.24, 2.45) is 11.7 Å². The molecule has 0 aliphatic carbocycles. The molecule has 1 aromatic heterocycles. The van der Waals surface area contributed by atoms with Gasteiger partial charge in [0.2, 0.25) is 0 Å². The summed E-state index contributed by atoms with van der Waals surface area (Å²) in [6.07, 6.45) is 0. The molecule has 7 heteroatoms. The highest BCUT2D eigenvalue weighted by Crippen LogP contribution is 2.17. The summed E-state index contributed by atoms with van der Waals surface area (Å²) in [5.74, 6) is -0.932. The second kappa shape index (κ2) is 6.63. The van der Waals surface area contributed by atoms with Crippen LogP contribution in [0.3, 0.4) is 0 Å². The molecule has 2 unspecified atom stereocenters. The van der Waals surface area contributed by atoms with Crippen molar-refractivity contribution < 1.29 is 14.3 Å². The fraction of sp³-hybridized carbons (Fsp3) is 0.583. The van der Waals surface area contributed by atoms with Crippen LogP contribution in [0.5, 0.6) is 0 Å². The van der Waals surface area contributed by atoms with Gasteiger partial charge in [0, 0.05) is 19.0 Å². The molecule has 1 heterocycles. The average molecular weight is 285 g/mol. The summed E-state index contributed by atoms with van der Waals surface area (Å²) in [6.45, 7) is 3.82. The summed E-state index contributed by atoms with van der Waals surface area (Å²) in [5, 5.41) is 2.40. The van der Waals surface area contributed by atoms with Crippen molar-refractivity contribution in [3.05, 3.63) is 16.1 Å². The van der Waals surface area contributed by atoms with Gasteiger partial charge in [0.1, 0.15) is 10.7 Å². The Morgan fingerprint density at radius 1 is 1.53 bits per heavy atom. The molecule has 1 aromatic rings. The largest absolute Gasteiger partial charge is 0.469 e. The molecule has 19 heavy (non-hydrogen) atoms. The molecule has 2 atom stereocenters. The van der Waals surface area contributed by atoms with E-state index < -0.39 is 0 Å². The van der Waals surface area contributed by atoms with Gasteiger partial charge in [-0.15, -0.1) is 11.3 Å². The fourth-order valence-corrected chi connectivity index (χ4v) is 2.31. The Hall–Kier alpha value is -1.47. The van der Waals surface area contributed by atoms with E-state index in [0.29, 0.717) is 5.69 Å². The highest BCUT2D eigenvalue weighted by Gasteiger charge is 2.21. The number of hydrogen-bond donors (Lipinski definition) is 1. The van der Waals surface area contributed by atoms with E-state index in [1.165, 1.54) is 23.3 Å². The number of thiazole rings is 1. The first-order valence-corrected chi connectivity index (χ1v) is 6.79. The van der Waals surface area contributed by atoms with Gasteiger partial charge in [0.25, 0.3) is 5.91 Å². The molecule has 2 N–H and O–H groups in total. The van der Waals surface area contributed by atoms with E-state index in [9.17, 15) is 9.59 Å². The predicted molar refractivity (Wildman–Crippen MR) is 72.9 cm³/mol. The average Bonchev–Trinajstić information content (AvgIpc) is 2.86. The number of amides is 1. The summed E-state index contributed by atoms with van der Waals surface area (Å²) in [7, 11) is 2.96. The maximum atomic E-state index is 12.1. The molecule has 1 rings (SSSR count). The van der Waals surface area contributed by atoms with Crippen LogP contribution < -0.4 is 5.73 Å². The molecule has 0 saturated heterocycles. The molecule has 0 aromatic carbocycles. The molecule has 0 spiro atoms. The standard InChI is InChI=1S/C12H19N3O3S/c1-7(12(17)18-4)5-15(3)11(16)9-6-19-10(14-9)8(2)13/h6-8H,5,13H2,1-4H3. The molecule has 0 bridgehead atoms. The molecule has 0 aliphatic rings. The minimum Gasteiger partial charge on any atom is -0.469 e. The number of aromatic nitrogens is 1. The van der Waals surface area contributed by atoms with Crippen molar-refractivity contribution in [3.8, 4) is 0 Å². The minimum atomic E-state index is -0.370. The summed E-state index contributed by atoms with van der Waals surface area (Å²) >= 11 is 1.36. The van der Waals surface area contributed by atoms with E-state index in [0.717, 1.165) is 5.01 Å². The second-order valence-electron chi connectivity index (χ2n) is 4.47. The Morgan fingerprint density at radius 2 is 2.16 bits per heavy atom. The van der Waals surface area contributed by atoms with Crippen molar-refractivity contribution in [3.63, 3.8) is 0 Å². The van der Waals surface area contributed by atoms with Crippen molar-refractivity contribution in [2.75, 3.05) is 20.7 Å². The fourth-order valence-electron chi connectivity index (χ4n) is 1.56. The molecule has 0 aliphatic heterocycles. The monoisotopic (exact) mass is 285 g/mol. The quantitative estimate of drug-likeness (QED) is 0.817. The van der Waals surface area contributed by atoms with Crippen LogP contribution in [0, 0.1) is 5.92 Å². The lowest BCUT2D eigenvalue weighted by Crippen LogP contribution is -2.34. The maximum Gasteiger partial charge on any atom is 0.310 e. The van der Waals surface area contributed by atoms with E-state index in [2.05, 4.69) is 9.72 Å². The van der Waals surface area contributed by atoms with Crippen molar-refractivity contribution in [2.45, 2.75) is 19.9 Å². The van der Waals surface area contributed by atoms with Gasteiger partial charge < -0.3 is 15.4 Å². The first-order valence-electron chi connectivity index (χ1n) is 5.91. The Labute approximate surface area is 116 Å². The zero-order chi connectivity index (χ0) is 14.6. The number of ether oxygens (including phenoxy) is 1. The van der Waals surface area contributed by atoms with Gasteiger partial charge in [-0.2, -0.15) is 0 Å². The highest BCUT2D eigenvalue weighted by atomic mass is 32.1. The molecule has 0 fully saturated rings. The third-order valence-corrected chi connectivity index (χ3v) is 3.67. The van der Waals surface area contributed by atoms with Crippen LogP contribution in [0.15, 0.2) is 5.38 Å². The van der Waals surface area contributed by atoms with Crippen molar-refractivity contribution >= 4 is 23.2 Å². The Balaban J connectivity index is 2.68. The topological polar surface area (TPSA) is 85.5 Å². The van der Waals surface area contributed by atoms with E-state index in [1.54, 1.807) is 19.4 Å². The van der Waals surface area contributed by atoms with E-state index in [-0.39, 0.29) is 30.4 Å². The number of rotatable bonds is 5. The van der Waals surface area contributed by atoms with Crippen molar-refractivity contribution in [1.82, 2.24) is 9.88 Å². The number of nitrogens with zero attached hydrogens (tertiary/aromatic N) is 2. The van der Waals surface area contributed by atoms with Crippen LogP contribution >= 0.6 is 11.3 Å². The van der Waals surface area contributed by atoms with Crippen LogP contribution in [0.2, 0.25) is 0 Å². The van der Waals surface area contributed by atoms with Gasteiger partial charge in [-0.3, -0.25) is 9.59 Å². The number of nitrogens with two attached hydrogens (primary N) is 1. The number of hydrogen-bond acceptors (Lipinski definition) is 6. The lowest BCUT2D eigenvalue weighted by Gasteiger charge is -2.19. The predicted octanol–water partition coefficient (Wildman–Crippen LogP) is 1.04. The third kappa shape index (κ3) is 4.00. The second-order valence-corrected chi connectivity index (χ2v) is 5.36. The lowest BCUT2D eigenvalue weighted by atomic mass is 10.1. The lowest BCUT2D eigenvalue weighted by molar-refractivity contribution is -0.145. The Kier molecular flexibility index (Phi) is 5.44. The van der Waals surface area contributed by atoms with Gasteiger partial charge in [-0.25, -0.2) is 4.98 Å². The zero-order valence-electron chi connectivity index (χ0n) is 11.5. The highest BCUT2D eigenvalue weighted by molar-refractivity contribution is 7.09. The Morgan fingerprint density at radius 3 is 2.63 bits per heavy atom. The van der Waals surface area contributed by atoms with Gasteiger partial charge in [-0.1, -0.05) is 6.92 Å². The number of esters is 1. The van der Waals surface area contributed by atoms with Gasteiger partial charge >= 0.3 is 5.97 Å². The summed E-state index contributed by atoms with van der Waals surface area (Å²) in [5.41, 5.74) is 6.06. The Bertz CT molecular complexity index is 459. The number of methoxy groups -OCH3 is 1. The van der Waals surface area contributed by atoms with Gasteiger partial charge in [0.15, 0.2) is 0 Å². The van der Waals surface area contributed by atoms with Gasteiger partial charge in [0.05, 0.1) is 19.1 Å². The minimum absolute atomic E-state index is 0.189. The first kappa shape index (κ1) is 15.6.